The summed E-state index contributed by atoms with van der Waals surface area (Å²) >= 11 is 0. The lowest BCUT2D eigenvalue weighted by molar-refractivity contribution is 0.0952. The van der Waals surface area contributed by atoms with Crippen molar-refractivity contribution in [2.75, 3.05) is 11.3 Å². The monoisotopic (exact) mass is 469 g/mol. The standard InChI is InChI=1S/C22H20FN5O4S/c23-17-7-9-18(10-8-17)26-33(31,32)19-11-5-16(6-12-19)21(29)24-13-3-15-28-22(30)27-14-2-1-4-20(27)25-28/h1-2,4-12,14,26H,3,13,15H2,(H,24,29). The molecule has 2 heterocycles. The summed E-state index contributed by atoms with van der Waals surface area (Å²) in [7, 11) is -3.88. The van der Waals surface area contributed by atoms with Crippen LogP contribution < -0.4 is 15.7 Å². The number of hydrogen-bond donors (Lipinski definition) is 2. The fraction of sp³-hybridized carbons (Fsp3) is 0.136. The zero-order valence-corrected chi connectivity index (χ0v) is 18.1. The molecule has 2 aromatic heterocycles. The van der Waals surface area contributed by atoms with E-state index in [-0.39, 0.29) is 22.2 Å². The van der Waals surface area contributed by atoms with Crippen LogP contribution in [0.25, 0.3) is 5.65 Å². The number of pyridine rings is 1. The van der Waals surface area contributed by atoms with E-state index in [9.17, 15) is 22.4 Å². The molecule has 0 aliphatic rings. The van der Waals surface area contributed by atoms with Crippen molar-refractivity contribution in [1.82, 2.24) is 19.5 Å². The first kappa shape index (κ1) is 22.2. The van der Waals surface area contributed by atoms with Crippen LogP contribution in [0.15, 0.2) is 82.6 Å². The van der Waals surface area contributed by atoms with Crippen LogP contribution >= 0.6 is 0 Å². The Kier molecular flexibility index (Phi) is 6.22. The molecule has 0 fully saturated rings. The summed E-state index contributed by atoms with van der Waals surface area (Å²) in [6.45, 7) is 0.651. The molecule has 0 atom stereocenters. The summed E-state index contributed by atoms with van der Waals surface area (Å²) in [4.78, 5) is 24.5. The average molecular weight is 469 g/mol. The lowest BCUT2D eigenvalue weighted by atomic mass is 10.2. The number of amides is 1. The normalized spacial score (nSPS) is 11.4. The zero-order chi connectivity index (χ0) is 23.4. The number of rotatable bonds is 8. The number of nitrogens with one attached hydrogen (secondary N) is 2. The van der Waals surface area contributed by atoms with Crippen molar-refractivity contribution < 1.29 is 17.6 Å². The first-order valence-electron chi connectivity index (χ1n) is 10.0. The largest absolute Gasteiger partial charge is 0.352 e. The molecule has 0 radical (unpaired) electrons. The molecule has 170 valence electrons. The first-order chi connectivity index (χ1) is 15.8. The number of nitrogens with zero attached hydrogens (tertiary/aromatic N) is 3. The van der Waals surface area contributed by atoms with Crippen molar-refractivity contribution in [3.05, 3.63) is 94.8 Å². The Hall–Kier alpha value is -3.99. The van der Waals surface area contributed by atoms with Gasteiger partial charge in [0.25, 0.3) is 15.9 Å². The summed E-state index contributed by atoms with van der Waals surface area (Å²) in [6.07, 6.45) is 2.13. The summed E-state index contributed by atoms with van der Waals surface area (Å²) < 4.78 is 43.1. The van der Waals surface area contributed by atoms with Crippen molar-refractivity contribution in [3.63, 3.8) is 0 Å². The number of hydrogen-bond acceptors (Lipinski definition) is 5. The third-order valence-electron chi connectivity index (χ3n) is 4.84. The zero-order valence-electron chi connectivity index (χ0n) is 17.3. The van der Waals surface area contributed by atoms with Gasteiger partial charge >= 0.3 is 5.69 Å². The molecule has 0 saturated carbocycles. The van der Waals surface area contributed by atoms with Gasteiger partial charge in [0, 0.05) is 30.5 Å². The maximum absolute atomic E-state index is 13.0. The first-order valence-corrected chi connectivity index (χ1v) is 11.5. The summed E-state index contributed by atoms with van der Waals surface area (Å²) in [5, 5.41) is 6.96. The Morgan fingerprint density at radius 3 is 2.42 bits per heavy atom. The molecule has 2 aromatic carbocycles. The average Bonchev–Trinajstić information content (AvgIpc) is 3.13. The van der Waals surface area contributed by atoms with Crippen LogP contribution in [0.5, 0.6) is 0 Å². The molecule has 0 unspecified atom stereocenters. The Balaban J connectivity index is 1.32. The molecule has 1 amide bonds. The minimum absolute atomic E-state index is 0.0328. The fourth-order valence-electron chi connectivity index (χ4n) is 3.16. The number of halogens is 1. The van der Waals surface area contributed by atoms with Gasteiger partial charge < -0.3 is 5.32 Å². The number of sulfonamides is 1. The van der Waals surface area contributed by atoms with Crippen molar-refractivity contribution >= 4 is 27.3 Å². The predicted molar refractivity (Wildman–Crippen MR) is 120 cm³/mol. The number of carbonyl (C=O) groups is 1. The Bertz CT molecular complexity index is 1440. The predicted octanol–water partition coefficient (Wildman–Crippen LogP) is 2.26. The van der Waals surface area contributed by atoms with Crippen LogP contribution in [0, 0.1) is 5.82 Å². The van der Waals surface area contributed by atoms with Crippen LogP contribution in [0.1, 0.15) is 16.8 Å². The van der Waals surface area contributed by atoms with Crippen molar-refractivity contribution in [1.29, 1.82) is 0 Å². The third-order valence-corrected chi connectivity index (χ3v) is 6.24. The van der Waals surface area contributed by atoms with Gasteiger partial charge in [-0.2, -0.15) is 0 Å². The minimum Gasteiger partial charge on any atom is -0.352 e. The van der Waals surface area contributed by atoms with Crippen LogP contribution in [-0.4, -0.2) is 35.1 Å². The number of fused-ring (bicyclic) bond motifs is 1. The van der Waals surface area contributed by atoms with Crippen molar-refractivity contribution in [2.24, 2.45) is 0 Å². The topological polar surface area (TPSA) is 115 Å². The maximum atomic E-state index is 13.0. The molecule has 0 aliphatic carbocycles. The number of benzene rings is 2. The molecule has 9 nitrogen and oxygen atoms in total. The second-order valence-electron chi connectivity index (χ2n) is 7.18. The fourth-order valence-corrected chi connectivity index (χ4v) is 4.22. The number of carbonyl (C=O) groups excluding carboxylic acids is 1. The van der Waals surface area contributed by atoms with Gasteiger partial charge in [-0.15, -0.1) is 5.10 Å². The van der Waals surface area contributed by atoms with E-state index in [1.165, 1.54) is 45.5 Å². The molecular formula is C22H20FN5O4S. The highest BCUT2D eigenvalue weighted by Crippen LogP contribution is 2.17. The molecule has 0 aliphatic heterocycles. The van der Waals surface area contributed by atoms with Gasteiger partial charge in [-0.1, -0.05) is 6.07 Å². The Morgan fingerprint density at radius 2 is 1.73 bits per heavy atom. The van der Waals surface area contributed by atoms with E-state index in [0.717, 1.165) is 12.1 Å². The summed E-state index contributed by atoms with van der Waals surface area (Å²) in [6, 6.07) is 15.6. The van der Waals surface area contributed by atoms with Crippen molar-refractivity contribution in [3.8, 4) is 0 Å². The van der Waals surface area contributed by atoms with E-state index in [0.29, 0.717) is 30.7 Å². The van der Waals surface area contributed by atoms with Gasteiger partial charge in [0.15, 0.2) is 5.65 Å². The van der Waals surface area contributed by atoms with Crippen LogP contribution in [0.3, 0.4) is 0 Å². The molecule has 2 N–H and O–H groups in total. The molecule has 4 rings (SSSR count). The van der Waals surface area contributed by atoms with Crippen LogP contribution in [0.4, 0.5) is 10.1 Å². The minimum atomic E-state index is -3.88. The lowest BCUT2D eigenvalue weighted by Crippen LogP contribution is -2.27. The van der Waals surface area contributed by atoms with Crippen molar-refractivity contribution in [2.45, 2.75) is 17.9 Å². The van der Waals surface area contributed by atoms with E-state index in [4.69, 9.17) is 0 Å². The van der Waals surface area contributed by atoms with E-state index in [1.54, 1.807) is 24.4 Å². The van der Waals surface area contributed by atoms with E-state index >= 15 is 0 Å². The SMILES string of the molecule is O=C(NCCCn1nc2ccccn2c1=O)c1ccc(S(=O)(=O)Nc2ccc(F)cc2)cc1. The maximum Gasteiger partial charge on any atom is 0.350 e. The number of aryl methyl sites for hydroxylation is 1. The van der Waals surface area contributed by atoms with Gasteiger partial charge in [-0.3, -0.25) is 13.9 Å². The summed E-state index contributed by atoms with van der Waals surface area (Å²) in [5.41, 5.74) is 0.821. The van der Waals surface area contributed by atoms with E-state index in [2.05, 4.69) is 15.1 Å². The van der Waals surface area contributed by atoms with Gasteiger partial charge in [0.2, 0.25) is 0 Å². The van der Waals surface area contributed by atoms with Gasteiger partial charge in [0.1, 0.15) is 5.82 Å². The molecule has 0 saturated heterocycles. The van der Waals surface area contributed by atoms with Gasteiger partial charge in [-0.05, 0) is 67.1 Å². The Labute approximate surface area is 188 Å². The Morgan fingerprint density at radius 1 is 1.00 bits per heavy atom. The van der Waals surface area contributed by atoms with E-state index < -0.39 is 15.8 Å². The second-order valence-corrected chi connectivity index (χ2v) is 8.86. The lowest BCUT2D eigenvalue weighted by Gasteiger charge is -2.09. The number of aromatic nitrogens is 3. The van der Waals surface area contributed by atoms with E-state index in [1.807, 2.05) is 0 Å². The highest BCUT2D eigenvalue weighted by atomic mass is 32.2. The smallest absolute Gasteiger partial charge is 0.350 e. The molecule has 11 heteroatoms. The van der Waals surface area contributed by atoms with Gasteiger partial charge in [0.05, 0.1) is 4.90 Å². The molecule has 0 bridgehead atoms. The third kappa shape index (κ3) is 5.09. The highest BCUT2D eigenvalue weighted by molar-refractivity contribution is 7.92. The molecular weight excluding hydrogens is 449 g/mol. The van der Waals surface area contributed by atoms with Crippen LogP contribution in [0.2, 0.25) is 0 Å². The second kappa shape index (κ2) is 9.25. The quantitative estimate of drug-likeness (QED) is 0.384. The molecule has 4 aromatic rings. The molecule has 0 spiro atoms. The summed E-state index contributed by atoms with van der Waals surface area (Å²) in [5.74, 6) is -0.841. The van der Waals surface area contributed by atoms with Gasteiger partial charge in [-0.25, -0.2) is 22.3 Å². The molecule has 33 heavy (non-hydrogen) atoms. The van der Waals surface area contributed by atoms with Crippen LogP contribution in [-0.2, 0) is 16.6 Å². The number of anilines is 1. The highest BCUT2D eigenvalue weighted by Gasteiger charge is 2.15.